The third kappa shape index (κ3) is 6.41. The van der Waals surface area contributed by atoms with Crippen LogP contribution in [0.2, 0.25) is 0 Å². The number of ketones is 1. The number of aliphatic carboxylic acids is 1. The van der Waals surface area contributed by atoms with E-state index in [9.17, 15) is 19.2 Å². The number of carbonyl (C=O) groups is 4. The van der Waals surface area contributed by atoms with Gasteiger partial charge in [-0.1, -0.05) is 43.2 Å². The van der Waals surface area contributed by atoms with Gasteiger partial charge in [-0.25, -0.2) is 4.79 Å². The average molecular weight is 478 g/mol. The van der Waals surface area contributed by atoms with Crippen molar-refractivity contribution in [2.75, 3.05) is 17.3 Å². The molecule has 0 radical (unpaired) electrons. The molecule has 1 aliphatic heterocycles. The molecular weight excluding hydrogens is 446 g/mol. The summed E-state index contributed by atoms with van der Waals surface area (Å²) < 4.78 is 0. The maximum absolute atomic E-state index is 13.0. The van der Waals surface area contributed by atoms with Crippen LogP contribution in [0, 0.1) is 0 Å². The zero-order chi connectivity index (χ0) is 25.6. The predicted octanol–water partition coefficient (Wildman–Crippen LogP) is 4.21. The van der Waals surface area contributed by atoms with Crippen molar-refractivity contribution in [2.24, 2.45) is 4.99 Å². The molecule has 0 fully saturated rings. The topological polar surface area (TPSA) is 116 Å². The van der Waals surface area contributed by atoms with Gasteiger partial charge in [-0.2, -0.15) is 0 Å². The van der Waals surface area contributed by atoms with Gasteiger partial charge in [-0.05, 0) is 44.9 Å². The van der Waals surface area contributed by atoms with Crippen LogP contribution in [0.25, 0.3) is 0 Å². The average Bonchev–Trinajstić information content (AvgIpc) is 2.90. The van der Waals surface area contributed by atoms with Crippen molar-refractivity contribution in [1.82, 2.24) is 0 Å². The Morgan fingerprint density at radius 1 is 0.971 bits per heavy atom. The van der Waals surface area contributed by atoms with Crippen LogP contribution in [0.1, 0.15) is 63.5 Å². The number of benzodiazepines with no additional fused rings is 1. The molecule has 2 aromatic rings. The molecule has 3 rings (SSSR count). The molecule has 2 aromatic carbocycles. The number of Topliss-reactive ketones (excluding diaryl/α,β-unsaturated/α-hetero) is 1. The molecule has 0 saturated carbocycles. The highest BCUT2D eigenvalue weighted by Crippen LogP contribution is 2.33. The molecule has 8 heteroatoms. The fraction of sp³-hybridized carbons (Fsp3) is 0.370. The highest BCUT2D eigenvalue weighted by molar-refractivity contribution is 6.32. The number of nitrogens with zero attached hydrogens (tertiary/aromatic N) is 2. The number of unbranched alkanes of at least 4 members (excludes halogenated alkanes) is 3. The molecule has 0 unspecified atom stereocenters. The lowest BCUT2D eigenvalue weighted by molar-refractivity contribution is -0.149. The molecule has 0 atom stereocenters. The second-order valence-corrected chi connectivity index (χ2v) is 9.17. The summed E-state index contributed by atoms with van der Waals surface area (Å²) in [5.74, 6) is -2.43. The summed E-state index contributed by atoms with van der Waals surface area (Å²) >= 11 is 0. The third-order valence-electron chi connectivity index (χ3n) is 5.96. The standard InChI is InChI=1S/C27H31N3O5/c1-27(2)26(35)30(3)21-16-15-19(17-20(21)24(29-27)18-11-7-6-8-12-18)28-23(32)14-10-5-4-9-13-22(31)25(33)34/h6-8,11-12,15-17H,4-5,9-10,13-14H2,1-3H3,(H,28,32)(H,33,34). The van der Waals surface area contributed by atoms with Gasteiger partial charge in [0.2, 0.25) is 11.7 Å². The van der Waals surface area contributed by atoms with Crippen LogP contribution in [-0.2, 0) is 19.2 Å². The largest absolute Gasteiger partial charge is 0.476 e. The minimum absolute atomic E-state index is 0.0235. The maximum Gasteiger partial charge on any atom is 0.372 e. The predicted molar refractivity (Wildman–Crippen MR) is 135 cm³/mol. The Hall–Kier alpha value is -3.81. The molecule has 1 heterocycles. The van der Waals surface area contributed by atoms with Crippen molar-refractivity contribution in [1.29, 1.82) is 0 Å². The Labute approximate surface area is 205 Å². The van der Waals surface area contributed by atoms with E-state index >= 15 is 0 Å². The van der Waals surface area contributed by atoms with Gasteiger partial charge < -0.3 is 15.3 Å². The van der Waals surface area contributed by atoms with Gasteiger partial charge in [0.05, 0.1) is 11.4 Å². The van der Waals surface area contributed by atoms with E-state index in [1.165, 1.54) is 0 Å². The highest BCUT2D eigenvalue weighted by atomic mass is 16.4. The zero-order valence-corrected chi connectivity index (χ0v) is 20.3. The van der Waals surface area contributed by atoms with Crippen LogP contribution in [-0.4, -0.2) is 47.0 Å². The lowest BCUT2D eigenvalue weighted by Gasteiger charge is -2.24. The number of benzene rings is 2. The second-order valence-electron chi connectivity index (χ2n) is 9.17. The van der Waals surface area contributed by atoms with Crippen molar-refractivity contribution in [3.8, 4) is 0 Å². The molecule has 0 aliphatic carbocycles. The van der Waals surface area contributed by atoms with E-state index in [4.69, 9.17) is 10.1 Å². The van der Waals surface area contributed by atoms with E-state index in [2.05, 4.69) is 5.32 Å². The second kappa shape index (κ2) is 11.1. The van der Waals surface area contributed by atoms with E-state index in [0.29, 0.717) is 37.1 Å². The summed E-state index contributed by atoms with van der Waals surface area (Å²) in [6, 6.07) is 15.1. The van der Waals surface area contributed by atoms with Crippen LogP contribution in [0.4, 0.5) is 11.4 Å². The molecule has 35 heavy (non-hydrogen) atoms. The Morgan fingerprint density at radius 2 is 1.63 bits per heavy atom. The van der Waals surface area contributed by atoms with Crippen molar-refractivity contribution >= 4 is 40.7 Å². The van der Waals surface area contributed by atoms with E-state index in [1.807, 2.05) is 42.5 Å². The number of hydrogen-bond donors (Lipinski definition) is 2. The van der Waals surface area contributed by atoms with Gasteiger partial charge in [-0.15, -0.1) is 0 Å². The van der Waals surface area contributed by atoms with Gasteiger partial charge in [-0.3, -0.25) is 19.4 Å². The van der Waals surface area contributed by atoms with Gasteiger partial charge in [0, 0.05) is 36.7 Å². The number of likely N-dealkylation sites (N-methyl/N-ethyl adjacent to an activating group) is 1. The molecule has 2 N–H and O–H groups in total. The number of nitrogens with one attached hydrogen (secondary N) is 1. The summed E-state index contributed by atoms with van der Waals surface area (Å²) in [6.45, 7) is 3.59. The Balaban J connectivity index is 1.71. The van der Waals surface area contributed by atoms with Gasteiger partial charge in [0.1, 0.15) is 5.54 Å². The van der Waals surface area contributed by atoms with Gasteiger partial charge in [0.15, 0.2) is 0 Å². The quantitative estimate of drug-likeness (QED) is 0.393. The van der Waals surface area contributed by atoms with Crippen molar-refractivity contribution in [3.63, 3.8) is 0 Å². The van der Waals surface area contributed by atoms with Crippen LogP contribution in [0.5, 0.6) is 0 Å². The minimum Gasteiger partial charge on any atom is -0.476 e. The molecule has 0 bridgehead atoms. The summed E-state index contributed by atoms with van der Waals surface area (Å²) in [7, 11) is 1.73. The molecule has 0 saturated heterocycles. The van der Waals surface area contributed by atoms with E-state index in [0.717, 1.165) is 23.2 Å². The maximum atomic E-state index is 13.0. The van der Waals surface area contributed by atoms with Crippen molar-refractivity contribution in [2.45, 2.75) is 57.9 Å². The zero-order valence-electron chi connectivity index (χ0n) is 20.3. The van der Waals surface area contributed by atoms with Crippen LogP contribution in [0.15, 0.2) is 53.5 Å². The number of aliphatic imine (C=N–C) groups is 1. The van der Waals surface area contributed by atoms with E-state index in [1.54, 1.807) is 31.9 Å². The number of carboxylic acid groups (broad SMARTS) is 1. The Kier molecular flexibility index (Phi) is 8.17. The summed E-state index contributed by atoms with van der Waals surface area (Å²) in [5.41, 5.74) is 2.72. The van der Waals surface area contributed by atoms with E-state index in [-0.39, 0.29) is 18.2 Å². The molecule has 0 spiro atoms. The Bertz CT molecular complexity index is 1150. The van der Waals surface area contributed by atoms with Crippen LogP contribution >= 0.6 is 0 Å². The van der Waals surface area contributed by atoms with Crippen LogP contribution in [0.3, 0.4) is 0 Å². The number of rotatable bonds is 10. The lowest BCUT2D eigenvalue weighted by Crippen LogP contribution is -2.41. The number of carbonyl (C=O) groups excluding carboxylic acids is 3. The molecular formula is C27H31N3O5. The lowest BCUT2D eigenvalue weighted by atomic mass is 9.99. The fourth-order valence-corrected chi connectivity index (χ4v) is 4.07. The number of amides is 2. The molecule has 8 nitrogen and oxygen atoms in total. The molecule has 1 aliphatic rings. The summed E-state index contributed by atoms with van der Waals surface area (Å²) in [4.78, 5) is 53.6. The van der Waals surface area contributed by atoms with Crippen molar-refractivity contribution in [3.05, 3.63) is 59.7 Å². The molecule has 2 amide bonds. The summed E-state index contributed by atoms with van der Waals surface area (Å²) in [5, 5.41) is 11.5. The van der Waals surface area contributed by atoms with Gasteiger partial charge in [0.25, 0.3) is 5.91 Å². The first-order valence-corrected chi connectivity index (χ1v) is 11.7. The first-order valence-electron chi connectivity index (χ1n) is 11.7. The Morgan fingerprint density at radius 3 is 2.29 bits per heavy atom. The smallest absolute Gasteiger partial charge is 0.372 e. The van der Waals surface area contributed by atoms with Crippen LogP contribution < -0.4 is 10.2 Å². The fourth-order valence-electron chi connectivity index (χ4n) is 4.07. The highest BCUT2D eigenvalue weighted by Gasteiger charge is 2.36. The number of hydrogen-bond acceptors (Lipinski definition) is 5. The first kappa shape index (κ1) is 25.8. The minimum atomic E-state index is -1.40. The van der Waals surface area contributed by atoms with E-state index < -0.39 is 17.3 Å². The normalized spacial score (nSPS) is 14.5. The third-order valence-corrected chi connectivity index (χ3v) is 5.96. The molecule has 0 aromatic heterocycles. The monoisotopic (exact) mass is 477 g/mol. The van der Waals surface area contributed by atoms with Gasteiger partial charge >= 0.3 is 5.97 Å². The summed E-state index contributed by atoms with van der Waals surface area (Å²) in [6.07, 6.45) is 2.90. The number of carboxylic acids is 1. The number of fused-ring (bicyclic) bond motifs is 1. The first-order chi connectivity index (χ1) is 16.6. The SMILES string of the molecule is CN1C(=O)C(C)(C)N=C(c2ccccc2)c2cc(NC(=O)CCCCCCC(=O)C(=O)O)ccc21. The molecule has 184 valence electrons. The number of anilines is 2. The van der Waals surface area contributed by atoms with Crippen molar-refractivity contribution < 1.29 is 24.3 Å².